The lowest BCUT2D eigenvalue weighted by atomic mass is 9.77. The molecule has 0 saturated heterocycles. The smallest absolute Gasteiger partial charge is 0.205 e. The van der Waals surface area contributed by atoms with Gasteiger partial charge >= 0.3 is 0 Å². The highest BCUT2D eigenvalue weighted by Crippen LogP contribution is 2.44. The van der Waals surface area contributed by atoms with Gasteiger partial charge in [0, 0.05) is 24.0 Å². The fraction of sp³-hybridized carbons (Fsp3) is 0.208. The number of nitrogens with two attached hydrogens (primary N) is 1. The molecule has 1 unspecified atom stereocenters. The Morgan fingerprint density at radius 2 is 1.97 bits per heavy atom. The summed E-state index contributed by atoms with van der Waals surface area (Å²) in [5.74, 6) is 0.762. The second-order valence-corrected chi connectivity index (χ2v) is 7.69. The number of fused-ring (bicyclic) bond motifs is 1. The first kappa shape index (κ1) is 18.2. The maximum atomic E-state index is 12.8. The molecule has 2 heterocycles. The second-order valence-electron chi connectivity index (χ2n) is 7.69. The van der Waals surface area contributed by atoms with Crippen LogP contribution in [0, 0.1) is 18.3 Å². The van der Waals surface area contributed by atoms with Gasteiger partial charge in [-0.05, 0) is 31.0 Å². The van der Waals surface area contributed by atoms with Crippen LogP contribution in [0.4, 0.5) is 0 Å². The van der Waals surface area contributed by atoms with Gasteiger partial charge in [-0.15, -0.1) is 0 Å². The van der Waals surface area contributed by atoms with Gasteiger partial charge in [0.2, 0.25) is 5.88 Å². The van der Waals surface area contributed by atoms with E-state index in [0.29, 0.717) is 35.5 Å². The maximum Gasteiger partial charge on any atom is 0.205 e. The molecule has 0 radical (unpaired) electrons. The van der Waals surface area contributed by atoms with E-state index in [2.05, 4.69) is 11.2 Å². The SMILES string of the molecule is Cc1ccc(-c2onc3ccc(C4C(C#N)=C(N)OC5=C4C(=O)CCC5)cc23)cc1. The highest BCUT2D eigenvalue weighted by atomic mass is 16.5. The maximum absolute atomic E-state index is 12.8. The number of carbonyl (C=O) groups excluding carboxylic acids is 1. The van der Waals surface area contributed by atoms with Gasteiger partial charge in [-0.2, -0.15) is 5.26 Å². The van der Waals surface area contributed by atoms with E-state index in [1.54, 1.807) is 0 Å². The van der Waals surface area contributed by atoms with E-state index in [4.69, 9.17) is 15.0 Å². The fourth-order valence-electron chi connectivity index (χ4n) is 4.24. The molecule has 0 saturated carbocycles. The van der Waals surface area contributed by atoms with Gasteiger partial charge in [0.15, 0.2) is 11.5 Å². The number of nitriles is 1. The molecule has 2 aliphatic rings. The summed E-state index contributed by atoms with van der Waals surface area (Å²) < 4.78 is 11.3. The molecule has 30 heavy (non-hydrogen) atoms. The van der Waals surface area contributed by atoms with Gasteiger partial charge in [-0.3, -0.25) is 4.79 Å². The van der Waals surface area contributed by atoms with E-state index < -0.39 is 5.92 Å². The minimum atomic E-state index is -0.545. The van der Waals surface area contributed by atoms with Crippen LogP contribution in [0.5, 0.6) is 0 Å². The molecule has 6 nitrogen and oxygen atoms in total. The lowest BCUT2D eigenvalue weighted by Gasteiger charge is -2.31. The molecule has 1 aliphatic carbocycles. The zero-order valence-corrected chi connectivity index (χ0v) is 16.4. The van der Waals surface area contributed by atoms with Gasteiger partial charge in [0.25, 0.3) is 0 Å². The van der Waals surface area contributed by atoms with Crippen LogP contribution in [0.25, 0.3) is 22.2 Å². The molecule has 1 aliphatic heterocycles. The monoisotopic (exact) mass is 397 g/mol. The average molecular weight is 397 g/mol. The topological polar surface area (TPSA) is 102 Å². The molecule has 0 fully saturated rings. The van der Waals surface area contributed by atoms with E-state index in [1.807, 2.05) is 49.4 Å². The standard InChI is InChI=1S/C24H19N3O3/c1-13-5-7-14(8-6-13)23-16-11-15(9-10-18(16)27-30-23)21-17(12-25)24(26)29-20-4-2-3-19(28)22(20)21/h5-11,21H,2-4,26H2,1H3. The number of carbonyl (C=O) groups is 1. The van der Waals surface area contributed by atoms with Crippen molar-refractivity contribution >= 4 is 16.7 Å². The van der Waals surface area contributed by atoms with Crippen molar-refractivity contribution < 1.29 is 14.1 Å². The summed E-state index contributed by atoms with van der Waals surface area (Å²) in [6.45, 7) is 2.03. The Kier molecular flexibility index (Phi) is 4.18. The molecule has 2 N–H and O–H groups in total. The van der Waals surface area contributed by atoms with Gasteiger partial charge in [-0.1, -0.05) is 41.1 Å². The van der Waals surface area contributed by atoms with Crippen molar-refractivity contribution in [3.8, 4) is 17.4 Å². The third kappa shape index (κ3) is 2.79. The number of hydrogen-bond acceptors (Lipinski definition) is 6. The minimum absolute atomic E-state index is 0.00525. The molecule has 1 aromatic heterocycles. The predicted octanol–water partition coefficient (Wildman–Crippen LogP) is 4.62. The van der Waals surface area contributed by atoms with Crippen molar-refractivity contribution in [1.82, 2.24) is 5.16 Å². The van der Waals surface area contributed by atoms with Crippen LogP contribution in [0.2, 0.25) is 0 Å². The summed E-state index contributed by atoms with van der Waals surface area (Å²) in [5.41, 5.74) is 10.4. The van der Waals surface area contributed by atoms with E-state index in [0.717, 1.165) is 28.5 Å². The van der Waals surface area contributed by atoms with E-state index in [1.165, 1.54) is 0 Å². The van der Waals surface area contributed by atoms with Crippen molar-refractivity contribution in [3.05, 3.63) is 76.4 Å². The first-order chi connectivity index (χ1) is 14.6. The van der Waals surface area contributed by atoms with Crippen molar-refractivity contribution in [3.63, 3.8) is 0 Å². The number of Topliss-reactive ketones (excluding diaryl/α,β-unsaturated/α-hetero) is 1. The highest BCUT2D eigenvalue weighted by Gasteiger charge is 2.38. The molecule has 0 amide bonds. The number of aromatic nitrogens is 1. The molecule has 1 atom stereocenters. The molecule has 0 bridgehead atoms. The molecular formula is C24H19N3O3. The Balaban J connectivity index is 1.69. The number of hydrogen-bond donors (Lipinski definition) is 1. The number of ether oxygens (including phenoxy) is 1. The Morgan fingerprint density at radius 3 is 2.73 bits per heavy atom. The Hall–Kier alpha value is -3.85. The number of ketones is 1. The zero-order valence-electron chi connectivity index (χ0n) is 16.4. The Bertz CT molecular complexity index is 1290. The number of allylic oxidation sites excluding steroid dienone is 3. The van der Waals surface area contributed by atoms with E-state index >= 15 is 0 Å². The Morgan fingerprint density at radius 1 is 1.17 bits per heavy atom. The van der Waals surface area contributed by atoms with Crippen molar-refractivity contribution in [2.45, 2.75) is 32.1 Å². The van der Waals surface area contributed by atoms with Crippen molar-refractivity contribution in [2.24, 2.45) is 5.73 Å². The van der Waals surface area contributed by atoms with E-state index in [9.17, 15) is 10.1 Å². The Labute approximate surface area is 173 Å². The fourth-order valence-corrected chi connectivity index (χ4v) is 4.24. The minimum Gasteiger partial charge on any atom is -0.444 e. The third-order valence-electron chi connectivity index (χ3n) is 5.75. The molecule has 5 rings (SSSR count). The van der Waals surface area contributed by atoms with Crippen LogP contribution in [0.15, 0.2) is 69.8 Å². The number of benzene rings is 2. The van der Waals surface area contributed by atoms with Gasteiger partial charge in [0.1, 0.15) is 22.9 Å². The highest BCUT2D eigenvalue weighted by molar-refractivity contribution is 6.00. The van der Waals surface area contributed by atoms with Crippen LogP contribution >= 0.6 is 0 Å². The van der Waals surface area contributed by atoms with Gasteiger partial charge in [0.05, 0.1) is 11.3 Å². The third-order valence-corrected chi connectivity index (χ3v) is 5.75. The number of aryl methyl sites for hydroxylation is 1. The van der Waals surface area contributed by atoms with Crippen LogP contribution in [-0.2, 0) is 9.53 Å². The molecule has 148 valence electrons. The number of rotatable bonds is 2. The van der Waals surface area contributed by atoms with Crippen molar-refractivity contribution in [2.75, 3.05) is 0 Å². The molecular weight excluding hydrogens is 378 g/mol. The normalized spacial score (nSPS) is 18.9. The van der Waals surface area contributed by atoms with Crippen LogP contribution in [0.1, 0.15) is 36.3 Å². The average Bonchev–Trinajstić information content (AvgIpc) is 3.17. The summed E-state index contributed by atoms with van der Waals surface area (Å²) in [7, 11) is 0. The number of nitrogens with zero attached hydrogens (tertiary/aromatic N) is 2. The summed E-state index contributed by atoms with van der Waals surface area (Å²) in [4.78, 5) is 12.8. The summed E-state index contributed by atoms with van der Waals surface area (Å²) in [6, 6.07) is 15.8. The summed E-state index contributed by atoms with van der Waals surface area (Å²) >= 11 is 0. The van der Waals surface area contributed by atoms with Crippen LogP contribution in [0.3, 0.4) is 0 Å². The summed E-state index contributed by atoms with van der Waals surface area (Å²) in [6.07, 6.45) is 1.81. The first-order valence-corrected chi connectivity index (χ1v) is 9.87. The summed E-state index contributed by atoms with van der Waals surface area (Å²) in [5, 5.41) is 14.8. The zero-order chi connectivity index (χ0) is 20.8. The van der Waals surface area contributed by atoms with Crippen molar-refractivity contribution in [1.29, 1.82) is 5.26 Å². The van der Waals surface area contributed by atoms with Gasteiger partial charge in [-0.25, -0.2) is 0 Å². The van der Waals surface area contributed by atoms with Crippen LogP contribution in [-0.4, -0.2) is 10.9 Å². The van der Waals surface area contributed by atoms with Gasteiger partial charge < -0.3 is 15.0 Å². The first-order valence-electron chi connectivity index (χ1n) is 9.87. The lowest BCUT2D eigenvalue weighted by Crippen LogP contribution is -2.27. The van der Waals surface area contributed by atoms with E-state index in [-0.39, 0.29) is 17.2 Å². The lowest BCUT2D eigenvalue weighted by molar-refractivity contribution is -0.116. The molecule has 6 heteroatoms. The molecule has 3 aromatic rings. The molecule has 2 aromatic carbocycles. The largest absolute Gasteiger partial charge is 0.444 e. The van der Waals surface area contributed by atoms with Crippen LogP contribution < -0.4 is 5.73 Å². The predicted molar refractivity (Wildman–Crippen MR) is 111 cm³/mol. The second kappa shape index (κ2) is 6.89. The quantitative estimate of drug-likeness (QED) is 0.677. The molecule has 0 spiro atoms.